The normalized spacial score (nSPS) is 16.3. The second-order valence-electron chi connectivity index (χ2n) is 9.50. The summed E-state index contributed by atoms with van der Waals surface area (Å²) in [5.74, 6) is -3.33. The number of carbonyl (C=O) groups is 4. The Morgan fingerprint density at radius 2 is 1.47 bits per heavy atom. The molecule has 7 N–H and O–H groups in total. The third-order valence-corrected chi connectivity index (χ3v) is 6.72. The fraction of sp³-hybridized carbons (Fsp3) is 0.538. The average molecular weight is 502 g/mol. The van der Waals surface area contributed by atoms with Gasteiger partial charge in [0.2, 0.25) is 17.7 Å². The van der Waals surface area contributed by atoms with Gasteiger partial charge in [-0.15, -0.1) is 0 Å². The highest BCUT2D eigenvalue weighted by atomic mass is 16.4. The number of amides is 3. The molecule has 0 fully saturated rings. The fourth-order valence-corrected chi connectivity index (χ4v) is 3.91. The van der Waals surface area contributed by atoms with Gasteiger partial charge in [-0.2, -0.15) is 0 Å². The molecule has 10 heteroatoms. The Kier molecular flexibility index (Phi) is 10.5. The molecule has 0 bridgehead atoms. The van der Waals surface area contributed by atoms with Crippen LogP contribution in [0.3, 0.4) is 0 Å². The largest absolute Gasteiger partial charge is 0.480 e. The van der Waals surface area contributed by atoms with Gasteiger partial charge in [-0.25, -0.2) is 4.79 Å². The monoisotopic (exact) mass is 501 g/mol. The Hall–Kier alpha value is -3.40. The average Bonchev–Trinajstić information content (AvgIpc) is 3.26. The van der Waals surface area contributed by atoms with Gasteiger partial charge >= 0.3 is 5.97 Å². The quantitative estimate of drug-likeness (QED) is 0.244. The molecule has 0 radical (unpaired) electrons. The second-order valence-corrected chi connectivity index (χ2v) is 9.50. The molecule has 10 nitrogen and oxygen atoms in total. The first-order chi connectivity index (χ1) is 17.0. The van der Waals surface area contributed by atoms with E-state index in [4.69, 9.17) is 5.73 Å². The van der Waals surface area contributed by atoms with Crippen molar-refractivity contribution in [3.05, 3.63) is 36.0 Å². The van der Waals surface area contributed by atoms with E-state index in [1.165, 1.54) is 6.92 Å². The zero-order valence-electron chi connectivity index (χ0n) is 21.6. The lowest BCUT2D eigenvalue weighted by Crippen LogP contribution is -2.59. The lowest BCUT2D eigenvalue weighted by atomic mass is 9.94. The molecule has 1 aromatic carbocycles. The standard InChI is InChI=1S/C26H39N5O5/c1-6-14(3)21(25(34)31-22(26(35)36)15(4)7-2)30-24(33)20(29-23(32)16(5)27)12-17-13-28-19-11-9-8-10-18(17)19/h8-11,13-16,20-22,28H,6-7,12,27H2,1-5H3,(H,29,32)(H,30,33)(H,31,34)(H,35,36). The number of carboxylic acids is 1. The Morgan fingerprint density at radius 3 is 2.06 bits per heavy atom. The van der Waals surface area contributed by atoms with E-state index in [0.29, 0.717) is 12.8 Å². The van der Waals surface area contributed by atoms with Crippen molar-refractivity contribution in [2.45, 2.75) is 78.0 Å². The van der Waals surface area contributed by atoms with Crippen LogP contribution in [0.15, 0.2) is 30.5 Å². The number of hydrogen-bond donors (Lipinski definition) is 6. The number of nitrogens with two attached hydrogens (primary N) is 1. The molecule has 0 aliphatic rings. The van der Waals surface area contributed by atoms with Gasteiger partial charge in [0.1, 0.15) is 18.1 Å². The third-order valence-electron chi connectivity index (χ3n) is 6.72. The fourth-order valence-electron chi connectivity index (χ4n) is 3.91. The first kappa shape index (κ1) is 28.8. The molecule has 1 heterocycles. The van der Waals surface area contributed by atoms with Crippen LogP contribution in [0.2, 0.25) is 0 Å². The van der Waals surface area contributed by atoms with Crippen molar-refractivity contribution in [2.75, 3.05) is 0 Å². The molecule has 2 rings (SSSR count). The molecule has 6 unspecified atom stereocenters. The van der Waals surface area contributed by atoms with E-state index >= 15 is 0 Å². The molecular formula is C26H39N5O5. The molecule has 0 aliphatic carbocycles. The number of rotatable bonds is 13. The number of hydrogen-bond acceptors (Lipinski definition) is 5. The maximum Gasteiger partial charge on any atom is 0.326 e. The first-order valence-corrected chi connectivity index (χ1v) is 12.4. The smallest absolute Gasteiger partial charge is 0.326 e. The molecule has 6 atom stereocenters. The predicted octanol–water partition coefficient (Wildman–Crippen LogP) is 1.69. The maximum absolute atomic E-state index is 13.4. The van der Waals surface area contributed by atoms with E-state index in [0.717, 1.165) is 16.5 Å². The zero-order chi connectivity index (χ0) is 27.0. The van der Waals surface area contributed by atoms with Gasteiger partial charge < -0.3 is 31.8 Å². The van der Waals surface area contributed by atoms with Crippen LogP contribution >= 0.6 is 0 Å². The van der Waals surface area contributed by atoms with Crippen LogP contribution in [0.25, 0.3) is 10.9 Å². The van der Waals surface area contributed by atoms with Crippen molar-refractivity contribution in [1.29, 1.82) is 0 Å². The second kappa shape index (κ2) is 13.1. The number of fused-ring (bicyclic) bond motifs is 1. The van der Waals surface area contributed by atoms with Crippen molar-refractivity contribution < 1.29 is 24.3 Å². The first-order valence-electron chi connectivity index (χ1n) is 12.4. The minimum atomic E-state index is -1.13. The van der Waals surface area contributed by atoms with Gasteiger partial charge in [-0.1, -0.05) is 58.7 Å². The van der Waals surface area contributed by atoms with Crippen molar-refractivity contribution in [3.63, 3.8) is 0 Å². The summed E-state index contributed by atoms with van der Waals surface area (Å²) in [5.41, 5.74) is 7.44. The summed E-state index contributed by atoms with van der Waals surface area (Å²) in [7, 11) is 0. The third kappa shape index (κ3) is 7.30. The van der Waals surface area contributed by atoms with Crippen molar-refractivity contribution >= 4 is 34.6 Å². The van der Waals surface area contributed by atoms with Crippen LogP contribution in [0.4, 0.5) is 0 Å². The highest BCUT2D eigenvalue weighted by molar-refractivity contribution is 5.95. The highest BCUT2D eigenvalue weighted by Crippen LogP contribution is 2.20. The van der Waals surface area contributed by atoms with Gasteiger partial charge in [0.15, 0.2) is 0 Å². The lowest BCUT2D eigenvalue weighted by Gasteiger charge is -2.29. The number of aromatic amines is 1. The van der Waals surface area contributed by atoms with Gasteiger partial charge in [0.05, 0.1) is 6.04 Å². The topological polar surface area (TPSA) is 166 Å². The molecule has 198 valence electrons. The summed E-state index contributed by atoms with van der Waals surface area (Å²) < 4.78 is 0. The Bertz CT molecular complexity index is 1070. The number of carboxylic acid groups (broad SMARTS) is 1. The van der Waals surface area contributed by atoms with E-state index in [1.807, 2.05) is 38.1 Å². The number of aliphatic carboxylic acids is 1. The molecule has 0 spiro atoms. The molecule has 36 heavy (non-hydrogen) atoms. The Balaban J connectivity index is 2.30. The number of carbonyl (C=O) groups excluding carboxylic acids is 3. The van der Waals surface area contributed by atoms with Crippen LogP contribution in [0, 0.1) is 11.8 Å². The van der Waals surface area contributed by atoms with Gasteiger partial charge in [-0.05, 0) is 30.4 Å². The van der Waals surface area contributed by atoms with E-state index in [-0.39, 0.29) is 18.3 Å². The maximum atomic E-state index is 13.4. The van der Waals surface area contributed by atoms with E-state index < -0.39 is 47.9 Å². The van der Waals surface area contributed by atoms with Crippen LogP contribution in [0.1, 0.15) is 53.0 Å². The van der Waals surface area contributed by atoms with Crippen molar-refractivity contribution in [2.24, 2.45) is 17.6 Å². The van der Waals surface area contributed by atoms with Gasteiger partial charge in [0.25, 0.3) is 0 Å². The summed E-state index contributed by atoms with van der Waals surface area (Å²) in [5, 5.41) is 18.5. The number of nitrogens with one attached hydrogen (secondary N) is 4. The van der Waals surface area contributed by atoms with E-state index in [1.54, 1.807) is 20.0 Å². The molecule has 0 saturated heterocycles. The summed E-state index contributed by atoms with van der Waals surface area (Å²) in [4.78, 5) is 53.9. The minimum Gasteiger partial charge on any atom is -0.480 e. The lowest BCUT2D eigenvalue weighted by molar-refractivity contribution is -0.144. The number of H-pyrrole nitrogens is 1. The number of aromatic nitrogens is 1. The predicted molar refractivity (Wildman–Crippen MR) is 138 cm³/mol. The van der Waals surface area contributed by atoms with Crippen LogP contribution in [-0.4, -0.2) is 57.9 Å². The van der Waals surface area contributed by atoms with Crippen LogP contribution in [-0.2, 0) is 25.6 Å². The summed E-state index contributed by atoms with van der Waals surface area (Å²) in [6.45, 7) is 8.79. The summed E-state index contributed by atoms with van der Waals surface area (Å²) >= 11 is 0. The molecule has 0 saturated carbocycles. The highest BCUT2D eigenvalue weighted by Gasteiger charge is 2.34. The van der Waals surface area contributed by atoms with E-state index in [9.17, 15) is 24.3 Å². The van der Waals surface area contributed by atoms with Crippen LogP contribution in [0.5, 0.6) is 0 Å². The van der Waals surface area contributed by atoms with Crippen molar-refractivity contribution in [1.82, 2.24) is 20.9 Å². The molecular weight excluding hydrogens is 462 g/mol. The summed E-state index contributed by atoms with van der Waals surface area (Å²) in [6, 6.07) is 3.72. The van der Waals surface area contributed by atoms with Gasteiger partial charge in [-0.3, -0.25) is 14.4 Å². The SMILES string of the molecule is CCC(C)C(NC(=O)C(NC(=O)C(Cc1c[nH]c2ccccc12)NC(=O)C(C)N)C(C)CC)C(=O)O. The molecule has 0 aliphatic heterocycles. The zero-order valence-corrected chi connectivity index (χ0v) is 21.6. The van der Waals surface area contributed by atoms with Crippen LogP contribution < -0.4 is 21.7 Å². The van der Waals surface area contributed by atoms with Gasteiger partial charge in [0, 0.05) is 23.5 Å². The number of benzene rings is 1. The summed E-state index contributed by atoms with van der Waals surface area (Å²) in [6.07, 6.45) is 3.09. The minimum absolute atomic E-state index is 0.174. The van der Waals surface area contributed by atoms with E-state index in [2.05, 4.69) is 20.9 Å². The molecule has 2 aromatic rings. The Morgan fingerprint density at radius 1 is 0.889 bits per heavy atom. The number of para-hydroxylation sites is 1. The van der Waals surface area contributed by atoms with Crippen molar-refractivity contribution in [3.8, 4) is 0 Å². The molecule has 1 aromatic heterocycles. The Labute approximate surface area is 211 Å². The molecule has 3 amide bonds.